The summed E-state index contributed by atoms with van der Waals surface area (Å²) >= 11 is 18.1. The van der Waals surface area contributed by atoms with E-state index < -0.39 is 21.8 Å². The van der Waals surface area contributed by atoms with Gasteiger partial charge in [0, 0.05) is 11.3 Å². The predicted molar refractivity (Wildman–Crippen MR) is 112 cm³/mol. The first-order chi connectivity index (χ1) is 13.7. The smallest absolute Gasteiger partial charge is 0.337 e. The maximum atomic E-state index is 12.7. The fourth-order valence-electron chi connectivity index (χ4n) is 2.38. The highest BCUT2D eigenvalue weighted by molar-refractivity contribution is 6.68. The van der Waals surface area contributed by atoms with Crippen LogP contribution in [0.2, 0.25) is 0 Å². The van der Waals surface area contributed by atoms with Crippen LogP contribution in [0.1, 0.15) is 20.7 Å². The lowest BCUT2D eigenvalue weighted by molar-refractivity contribution is 0.0600. The third-order valence-electron chi connectivity index (χ3n) is 3.87. The first-order valence-electron chi connectivity index (χ1n) is 8.24. The Kier molecular flexibility index (Phi) is 7.84. The van der Waals surface area contributed by atoms with Crippen molar-refractivity contribution in [2.75, 3.05) is 26.6 Å². The molecule has 2 aromatic rings. The highest BCUT2D eigenvalue weighted by Gasteiger charge is 2.34. The summed E-state index contributed by atoms with van der Waals surface area (Å²) in [7, 11) is 4.24. The number of amides is 1. The molecular weight excluding hydrogens is 443 g/mol. The van der Waals surface area contributed by atoms with Gasteiger partial charge < -0.3 is 24.8 Å². The Morgan fingerprint density at radius 1 is 0.897 bits per heavy atom. The van der Waals surface area contributed by atoms with Gasteiger partial charge in [-0.25, -0.2) is 4.79 Å². The molecule has 0 saturated carbocycles. The molecule has 0 radical (unpaired) electrons. The van der Waals surface area contributed by atoms with E-state index in [2.05, 4.69) is 15.4 Å². The molecule has 0 aliphatic rings. The van der Waals surface area contributed by atoms with E-state index in [1.165, 1.54) is 27.4 Å². The Labute approximate surface area is 183 Å². The van der Waals surface area contributed by atoms with Crippen molar-refractivity contribution in [2.45, 2.75) is 9.96 Å². The number of halogens is 3. The summed E-state index contributed by atoms with van der Waals surface area (Å²) in [6.45, 7) is 0. The molecule has 0 fully saturated rings. The monoisotopic (exact) mass is 460 g/mol. The molecule has 0 saturated heterocycles. The van der Waals surface area contributed by atoms with Gasteiger partial charge in [-0.1, -0.05) is 34.8 Å². The van der Waals surface area contributed by atoms with Gasteiger partial charge in [0.25, 0.3) is 5.91 Å². The summed E-state index contributed by atoms with van der Waals surface area (Å²) in [5, 5.41) is 5.54. The number of anilines is 1. The van der Waals surface area contributed by atoms with Crippen LogP contribution in [0.25, 0.3) is 0 Å². The van der Waals surface area contributed by atoms with Crippen LogP contribution in [-0.4, -0.2) is 43.2 Å². The third-order valence-corrected chi connectivity index (χ3v) is 4.52. The number of esters is 1. The Bertz CT molecular complexity index is 869. The van der Waals surface area contributed by atoms with Crippen molar-refractivity contribution in [1.82, 2.24) is 5.32 Å². The lowest BCUT2D eigenvalue weighted by Crippen LogP contribution is -2.49. The Morgan fingerprint density at radius 2 is 1.48 bits per heavy atom. The minimum Gasteiger partial charge on any atom is -0.493 e. The summed E-state index contributed by atoms with van der Waals surface area (Å²) in [6, 6.07) is 10.9. The number of carbonyl (C=O) groups excluding carboxylic acids is 2. The second kappa shape index (κ2) is 9.91. The molecule has 10 heteroatoms. The van der Waals surface area contributed by atoms with Gasteiger partial charge in [-0.05, 0) is 42.5 Å². The van der Waals surface area contributed by atoms with E-state index >= 15 is 0 Å². The van der Waals surface area contributed by atoms with Crippen LogP contribution in [0.15, 0.2) is 42.5 Å². The number of hydrogen-bond donors (Lipinski definition) is 2. The normalized spacial score (nSPS) is 11.9. The van der Waals surface area contributed by atoms with Gasteiger partial charge in [0.05, 0.1) is 26.9 Å². The Hall–Kier alpha value is -2.35. The van der Waals surface area contributed by atoms with Crippen molar-refractivity contribution in [1.29, 1.82) is 0 Å². The quantitative estimate of drug-likeness (QED) is 0.368. The second-order valence-corrected chi connectivity index (χ2v) is 8.10. The lowest BCUT2D eigenvalue weighted by Gasteiger charge is -2.27. The molecule has 0 heterocycles. The maximum absolute atomic E-state index is 12.7. The number of rotatable bonds is 7. The van der Waals surface area contributed by atoms with Crippen molar-refractivity contribution in [3.8, 4) is 11.5 Å². The number of benzene rings is 2. The van der Waals surface area contributed by atoms with Crippen molar-refractivity contribution >= 4 is 52.4 Å². The van der Waals surface area contributed by atoms with Crippen LogP contribution in [0.4, 0.5) is 5.69 Å². The number of nitrogens with one attached hydrogen (secondary N) is 2. The van der Waals surface area contributed by atoms with Crippen LogP contribution in [0.3, 0.4) is 0 Å². The topological polar surface area (TPSA) is 85.9 Å². The molecule has 0 unspecified atom stereocenters. The van der Waals surface area contributed by atoms with Gasteiger partial charge in [-0.3, -0.25) is 4.79 Å². The van der Waals surface area contributed by atoms with Crippen molar-refractivity contribution in [3.63, 3.8) is 0 Å². The fraction of sp³-hybridized carbons (Fsp3) is 0.263. The molecule has 0 aromatic heterocycles. The second-order valence-electron chi connectivity index (χ2n) is 5.73. The molecule has 0 spiro atoms. The molecule has 0 bridgehead atoms. The van der Waals surface area contributed by atoms with E-state index in [4.69, 9.17) is 44.3 Å². The van der Waals surface area contributed by atoms with E-state index in [1.807, 2.05) is 0 Å². The molecule has 0 aliphatic heterocycles. The number of hydrogen-bond acceptors (Lipinski definition) is 6. The molecule has 7 nitrogen and oxygen atoms in total. The lowest BCUT2D eigenvalue weighted by atomic mass is 10.2. The number of carbonyl (C=O) groups is 2. The van der Waals surface area contributed by atoms with E-state index in [1.54, 1.807) is 36.4 Å². The van der Waals surface area contributed by atoms with Gasteiger partial charge >= 0.3 is 5.97 Å². The van der Waals surface area contributed by atoms with Gasteiger partial charge in [0.1, 0.15) is 6.17 Å². The van der Waals surface area contributed by atoms with E-state index in [-0.39, 0.29) is 5.56 Å². The van der Waals surface area contributed by atoms with E-state index in [0.717, 1.165) is 0 Å². The van der Waals surface area contributed by atoms with Gasteiger partial charge in [-0.2, -0.15) is 0 Å². The van der Waals surface area contributed by atoms with Crippen LogP contribution < -0.4 is 20.1 Å². The fourth-order valence-corrected chi connectivity index (χ4v) is 2.71. The average molecular weight is 462 g/mol. The number of methoxy groups -OCH3 is 3. The SMILES string of the molecule is COC(=O)c1ccc(N[C@H](NC(=O)c2ccc(OC)c(OC)c2)C(Cl)(Cl)Cl)cc1. The van der Waals surface area contributed by atoms with Gasteiger partial charge in [-0.15, -0.1) is 0 Å². The molecule has 1 amide bonds. The first kappa shape index (κ1) is 22.9. The highest BCUT2D eigenvalue weighted by atomic mass is 35.6. The average Bonchev–Trinajstić information content (AvgIpc) is 2.71. The molecule has 2 aromatic carbocycles. The zero-order valence-electron chi connectivity index (χ0n) is 15.8. The minimum atomic E-state index is -1.87. The largest absolute Gasteiger partial charge is 0.493 e. The predicted octanol–water partition coefficient (Wildman–Crippen LogP) is 4.03. The molecule has 0 aliphatic carbocycles. The van der Waals surface area contributed by atoms with Crippen LogP contribution in [0.5, 0.6) is 11.5 Å². The first-order valence-corrected chi connectivity index (χ1v) is 9.37. The van der Waals surface area contributed by atoms with Crippen LogP contribution in [0, 0.1) is 0 Å². The zero-order chi connectivity index (χ0) is 21.6. The zero-order valence-corrected chi connectivity index (χ0v) is 18.1. The highest BCUT2D eigenvalue weighted by Crippen LogP contribution is 2.32. The maximum Gasteiger partial charge on any atom is 0.337 e. The van der Waals surface area contributed by atoms with E-state index in [0.29, 0.717) is 22.7 Å². The van der Waals surface area contributed by atoms with Crippen molar-refractivity contribution in [2.24, 2.45) is 0 Å². The summed E-state index contributed by atoms with van der Waals surface area (Å²) < 4.78 is 13.1. The molecule has 156 valence electrons. The van der Waals surface area contributed by atoms with Gasteiger partial charge in [0.15, 0.2) is 11.5 Å². The van der Waals surface area contributed by atoms with Gasteiger partial charge in [0.2, 0.25) is 3.79 Å². The molecular formula is C19H19Cl3N2O5. The Morgan fingerprint density at radius 3 is 2.00 bits per heavy atom. The molecule has 2 N–H and O–H groups in total. The van der Waals surface area contributed by atoms with Crippen molar-refractivity contribution < 1.29 is 23.8 Å². The van der Waals surface area contributed by atoms with Crippen LogP contribution >= 0.6 is 34.8 Å². The number of alkyl halides is 3. The Balaban J connectivity index is 2.19. The molecule has 2 rings (SSSR count). The minimum absolute atomic E-state index is 0.282. The summed E-state index contributed by atoms with van der Waals surface area (Å²) in [6.07, 6.45) is -1.07. The summed E-state index contributed by atoms with van der Waals surface area (Å²) in [5.41, 5.74) is 1.16. The third kappa shape index (κ3) is 6.06. The standard InChI is InChI=1S/C19H19Cl3N2O5/c1-27-14-9-6-12(10-15(14)28-2)16(25)24-18(19(20,21)22)23-13-7-4-11(5-8-13)17(26)29-3/h4-10,18,23H,1-3H3,(H,24,25)/t18-/m1/s1. The summed E-state index contributed by atoms with van der Waals surface area (Å²) in [5.74, 6) is -0.111. The van der Waals surface area contributed by atoms with Crippen molar-refractivity contribution in [3.05, 3.63) is 53.6 Å². The number of ether oxygens (including phenoxy) is 3. The molecule has 29 heavy (non-hydrogen) atoms. The molecule has 1 atom stereocenters. The van der Waals surface area contributed by atoms with E-state index in [9.17, 15) is 9.59 Å². The van der Waals surface area contributed by atoms with Crippen LogP contribution in [-0.2, 0) is 4.74 Å². The summed E-state index contributed by atoms with van der Waals surface area (Å²) in [4.78, 5) is 24.2.